The number of fused-ring (bicyclic) bond motifs is 1. The summed E-state index contributed by atoms with van der Waals surface area (Å²) in [6, 6.07) is 44.3. The Morgan fingerprint density at radius 1 is 0.571 bits per heavy atom. The van der Waals surface area contributed by atoms with Crippen LogP contribution in [0.25, 0.3) is 55.3 Å². The largest absolute Gasteiger partial charge is 0.338 e. The molecular formula is C39H34N2O. The van der Waals surface area contributed by atoms with Gasteiger partial charge in [-0.15, -0.1) is 0 Å². The van der Waals surface area contributed by atoms with Crippen LogP contribution in [0.5, 0.6) is 0 Å². The Morgan fingerprint density at radius 2 is 0.952 bits per heavy atom. The summed E-state index contributed by atoms with van der Waals surface area (Å²) in [4.78, 5) is 21.1. The first-order valence-corrected chi connectivity index (χ1v) is 14.6. The van der Waals surface area contributed by atoms with Crippen molar-refractivity contribution in [1.29, 1.82) is 0 Å². The fourth-order valence-electron chi connectivity index (χ4n) is 6.03. The number of carbonyl (C=O) groups is 1. The first-order valence-electron chi connectivity index (χ1n) is 14.6. The molecule has 0 bridgehead atoms. The van der Waals surface area contributed by atoms with E-state index in [2.05, 4.69) is 109 Å². The highest BCUT2D eigenvalue weighted by Crippen LogP contribution is 2.51. The second-order valence-electron chi connectivity index (χ2n) is 10.5. The summed E-state index contributed by atoms with van der Waals surface area (Å²) in [6.07, 6.45) is 0. The number of nitrogens with zero attached hydrogens (tertiary/aromatic N) is 2. The van der Waals surface area contributed by atoms with Crippen LogP contribution in [0.3, 0.4) is 0 Å². The number of pyridine rings is 1. The number of hydrogen-bond donors (Lipinski definition) is 0. The van der Waals surface area contributed by atoms with Gasteiger partial charge in [-0.05, 0) is 71.2 Å². The Kier molecular flexibility index (Phi) is 7.66. The van der Waals surface area contributed by atoms with E-state index in [4.69, 9.17) is 4.98 Å². The minimum absolute atomic E-state index is 0.0450. The van der Waals surface area contributed by atoms with E-state index < -0.39 is 0 Å². The Bertz CT molecular complexity index is 1840. The average molecular weight is 547 g/mol. The van der Waals surface area contributed by atoms with Crippen molar-refractivity contribution in [2.75, 3.05) is 13.1 Å². The molecule has 0 fully saturated rings. The Hall–Kier alpha value is -5.02. The van der Waals surface area contributed by atoms with E-state index in [-0.39, 0.29) is 5.91 Å². The lowest BCUT2D eigenvalue weighted by atomic mass is 9.78. The van der Waals surface area contributed by atoms with E-state index in [0.29, 0.717) is 18.8 Å². The molecule has 1 amide bonds. The molecule has 42 heavy (non-hydrogen) atoms. The number of amides is 1. The Labute approximate surface area is 248 Å². The third kappa shape index (κ3) is 4.88. The van der Waals surface area contributed by atoms with Gasteiger partial charge in [-0.2, -0.15) is 0 Å². The molecule has 3 nitrogen and oxygen atoms in total. The molecule has 0 aliphatic heterocycles. The van der Waals surface area contributed by atoms with Crippen molar-refractivity contribution in [2.24, 2.45) is 0 Å². The topological polar surface area (TPSA) is 33.2 Å². The molecule has 0 N–H and O–H groups in total. The van der Waals surface area contributed by atoms with Gasteiger partial charge in [0.15, 0.2) is 0 Å². The Balaban J connectivity index is 1.94. The molecule has 6 rings (SSSR count). The first kappa shape index (κ1) is 27.2. The summed E-state index contributed by atoms with van der Waals surface area (Å²) < 4.78 is 0. The lowest BCUT2D eigenvalue weighted by Crippen LogP contribution is -2.31. The third-order valence-electron chi connectivity index (χ3n) is 7.92. The lowest BCUT2D eigenvalue weighted by Gasteiger charge is -2.26. The van der Waals surface area contributed by atoms with Crippen LogP contribution in [0.15, 0.2) is 127 Å². The molecule has 0 atom stereocenters. The van der Waals surface area contributed by atoms with Gasteiger partial charge in [-0.3, -0.25) is 4.79 Å². The zero-order valence-electron chi connectivity index (χ0n) is 24.3. The average Bonchev–Trinajstić information content (AvgIpc) is 3.05. The summed E-state index contributed by atoms with van der Waals surface area (Å²) in [6.45, 7) is 7.27. The summed E-state index contributed by atoms with van der Waals surface area (Å²) in [7, 11) is 0. The maximum Gasteiger partial charge on any atom is 0.273 e. The lowest BCUT2D eigenvalue weighted by molar-refractivity contribution is 0.0769. The smallest absolute Gasteiger partial charge is 0.273 e. The zero-order valence-corrected chi connectivity index (χ0v) is 24.3. The highest BCUT2D eigenvalue weighted by molar-refractivity contribution is 6.22. The van der Waals surface area contributed by atoms with Gasteiger partial charge < -0.3 is 4.90 Å². The third-order valence-corrected chi connectivity index (χ3v) is 7.92. The van der Waals surface area contributed by atoms with Gasteiger partial charge in [0.2, 0.25) is 0 Å². The molecule has 0 aliphatic rings. The van der Waals surface area contributed by atoms with Gasteiger partial charge in [0.1, 0.15) is 5.69 Å². The fraction of sp³-hybridized carbons (Fsp3) is 0.128. The van der Waals surface area contributed by atoms with Crippen molar-refractivity contribution in [3.8, 4) is 44.5 Å². The van der Waals surface area contributed by atoms with Gasteiger partial charge in [0, 0.05) is 29.7 Å². The standard InChI is InChI=1S/C39H34N2O/c1-4-41(5-2)39(42)38-37-32(26-27(3)40-38)33(28-18-10-6-11-19-28)34(29-20-12-7-13-21-29)35(30-22-14-8-15-23-30)36(37)31-24-16-9-17-25-31/h6-26H,4-5H2,1-3H3. The van der Waals surface area contributed by atoms with Crippen LogP contribution in [0.1, 0.15) is 30.0 Å². The predicted octanol–water partition coefficient (Wildman–Crippen LogP) is 9.69. The van der Waals surface area contributed by atoms with Crippen molar-refractivity contribution in [2.45, 2.75) is 20.8 Å². The molecule has 6 aromatic rings. The molecule has 0 saturated carbocycles. The highest BCUT2D eigenvalue weighted by Gasteiger charge is 2.28. The van der Waals surface area contributed by atoms with Crippen LogP contribution in [-0.4, -0.2) is 28.9 Å². The molecule has 3 heteroatoms. The molecule has 0 unspecified atom stereocenters. The SMILES string of the molecule is CCN(CC)C(=O)c1nc(C)cc2c(-c3ccccc3)c(-c3ccccc3)c(-c3ccccc3)c(-c3ccccc3)c12. The van der Waals surface area contributed by atoms with Crippen molar-refractivity contribution in [3.63, 3.8) is 0 Å². The van der Waals surface area contributed by atoms with Crippen LogP contribution in [0.2, 0.25) is 0 Å². The van der Waals surface area contributed by atoms with Crippen LogP contribution in [0.4, 0.5) is 0 Å². The number of hydrogen-bond acceptors (Lipinski definition) is 2. The van der Waals surface area contributed by atoms with E-state index in [1.807, 2.05) is 43.9 Å². The monoisotopic (exact) mass is 546 g/mol. The van der Waals surface area contributed by atoms with E-state index in [1.165, 1.54) is 0 Å². The maximum atomic E-state index is 14.3. The van der Waals surface area contributed by atoms with Crippen molar-refractivity contribution in [1.82, 2.24) is 9.88 Å². The minimum Gasteiger partial charge on any atom is -0.338 e. The number of carbonyl (C=O) groups excluding carboxylic acids is 1. The van der Waals surface area contributed by atoms with Crippen LogP contribution in [-0.2, 0) is 0 Å². The highest BCUT2D eigenvalue weighted by atomic mass is 16.2. The van der Waals surface area contributed by atoms with E-state index in [0.717, 1.165) is 61.0 Å². The molecule has 0 aliphatic carbocycles. The molecule has 0 spiro atoms. The van der Waals surface area contributed by atoms with E-state index >= 15 is 0 Å². The molecule has 0 saturated heterocycles. The van der Waals surface area contributed by atoms with E-state index in [9.17, 15) is 4.79 Å². The number of benzene rings is 5. The Morgan fingerprint density at radius 3 is 1.38 bits per heavy atom. The summed E-state index contributed by atoms with van der Waals surface area (Å²) in [5.41, 5.74) is 10.1. The van der Waals surface area contributed by atoms with Crippen molar-refractivity contribution < 1.29 is 4.79 Å². The first-order chi connectivity index (χ1) is 20.6. The predicted molar refractivity (Wildman–Crippen MR) is 175 cm³/mol. The minimum atomic E-state index is -0.0450. The number of aromatic nitrogens is 1. The molecule has 0 radical (unpaired) electrons. The quantitative estimate of drug-likeness (QED) is 0.200. The number of aryl methyl sites for hydroxylation is 1. The molecule has 1 heterocycles. The van der Waals surface area contributed by atoms with Crippen molar-refractivity contribution >= 4 is 16.7 Å². The van der Waals surface area contributed by atoms with Gasteiger partial charge in [0.05, 0.1) is 0 Å². The molecule has 206 valence electrons. The molecular weight excluding hydrogens is 512 g/mol. The second-order valence-corrected chi connectivity index (χ2v) is 10.5. The molecule has 1 aromatic heterocycles. The summed E-state index contributed by atoms with van der Waals surface area (Å²) in [5.74, 6) is -0.0450. The van der Waals surface area contributed by atoms with Crippen LogP contribution >= 0.6 is 0 Å². The normalized spacial score (nSPS) is 11.0. The van der Waals surface area contributed by atoms with Crippen LogP contribution < -0.4 is 0 Å². The van der Waals surface area contributed by atoms with Gasteiger partial charge in [-0.25, -0.2) is 4.98 Å². The van der Waals surface area contributed by atoms with Gasteiger partial charge >= 0.3 is 0 Å². The molecule has 5 aromatic carbocycles. The number of rotatable bonds is 7. The van der Waals surface area contributed by atoms with Gasteiger partial charge in [-0.1, -0.05) is 121 Å². The van der Waals surface area contributed by atoms with Crippen LogP contribution in [0, 0.1) is 6.92 Å². The summed E-state index contributed by atoms with van der Waals surface area (Å²) in [5, 5.41) is 1.92. The van der Waals surface area contributed by atoms with E-state index in [1.54, 1.807) is 0 Å². The fourth-order valence-corrected chi connectivity index (χ4v) is 6.03. The maximum absolute atomic E-state index is 14.3. The zero-order chi connectivity index (χ0) is 29.1. The van der Waals surface area contributed by atoms with Gasteiger partial charge in [0.25, 0.3) is 5.91 Å². The summed E-state index contributed by atoms with van der Waals surface area (Å²) >= 11 is 0. The second kappa shape index (κ2) is 11.8. The van der Waals surface area contributed by atoms with Crippen molar-refractivity contribution in [3.05, 3.63) is 139 Å².